The predicted octanol–water partition coefficient (Wildman–Crippen LogP) is 3.29. The fourth-order valence-electron chi connectivity index (χ4n) is 1.96. The molecule has 0 aliphatic rings. The minimum atomic E-state index is 0.205. The second-order valence-corrected chi connectivity index (χ2v) is 4.14. The molecule has 0 radical (unpaired) electrons. The van der Waals surface area contributed by atoms with Crippen molar-refractivity contribution in [3.05, 3.63) is 41.9 Å². The SMILES string of the molecule is COc1cnc(Cl)nc1-c1c[nH]c2ccccc12. The molecule has 3 rings (SSSR count). The van der Waals surface area contributed by atoms with Crippen LogP contribution in [0.3, 0.4) is 0 Å². The number of nitrogens with zero attached hydrogens (tertiary/aromatic N) is 2. The van der Waals surface area contributed by atoms with E-state index in [0.717, 1.165) is 16.5 Å². The first kappa shape index (κ1) is 11.0. The van der Waals surface area contributed by atoms with E-state index in [4.69, 9.17) is 16.3 Å². The third-order valence-electron chi connectivity index (χ3n) is 2.79. The molecule has 1 N–H and O–H groups in total. The fourth-order valence-corrected chi connectivity index (χ4v) is 2.09. The van der Waals surface area contributed by atoms with Crippen LogP contribution in [0, 0.1) is 0 Å². The number of hydrogen-bond acceptors (Lipinski definition) is 3. The van der Waals surface area contributed by atoms with Gasteiger partial charge in [0.15, 0.2) is 5.75 Å². The topological polar surface area (TPSA) is 50.8 Å². The monoisotopic (exact) mass is 259 g/mol. The minimum Gasteiger partial charge on any atom is -0.493 e. The molecule has 0 aliphatic carbocycles. The number of rotatable bonds is 2. The molecule has 0 amide bonds. The van der Waals surface area contributed by atoms with Crippen LogP contribution >= 0.6 is 11.6 Å². The molecule has 90 valence electrons. The zero-order valence-corrected chi connectivity index (χ0v) is 10.4. The van der Waals surface area contributed by atoms with Crippen molar-refractivity contribution in [3.63, 3.8) is 0 Å². The van der Waals surface area contributed by atoms with E-state index in [-0.39, 0.29) is 5.28 Å². The molecule has 0 saturated carbocycles. The van der Waals surface area contributed by atoms with E-state index in [0.29, 0.717) is 11.4 Å². The lowest BCUT2D eigenvalue weighted by Gasteiger charge is -2.06. The smallest absolute Gasteiger partial charge is 0.223 e. The number of benzene rings is 1. The largest absolute Gasteiger partial charge is 0.493 e. The number of aromatic amines is 1. The lowest BCUT2D eigenvalue weighted by atomic mass is 10.1. The normalized spacial score (nSPS) is 10.8. The molecule has 0 fully saturated rings. The molecule has 0 spiro atoms. The molecule has 0 atom stereocenters. The van der Waals surface area contributed by atoms with E-state index in [2.05, 4.69) is 15.0 Å². The number of para-hydroxylation sites is 1. The molecular formula is C13H10ClN3O. The first-order chi connectivity index (χ1) is 8.79. The third-order valence-corrected chi connectivity index (χ3v) is 2.97. The summed E-state index contributed by atoms with van der Waals surface area (Å²) in [6.07, 6.45) is 3.47. The van der Waals surface area contributed by atoms with Gasteiger partial charge in [0.25, 0.3) is 0 Å². The van der Waals surface area contributed by atoms with Crippen molar-refractivity contribution >= 4 is 22.5 Å². The van der Waals surface area contributed by atoms with Crippen LogP contribution in [0.5, 0.6) is 5.75 Å². The fraction of sp³-hybridized carbons (Fsp3) is 0.0769. The maximum absolute atomic E-state index is 5.85. The van der Waals surface area contributed by atoms with Gasteiger partial charge in [0.05, 0.1) is 13.3 Å². The molecular weight excluding hydrogens is 250 g/mol. The Morgan fingerprint density at radius 3 is 2.94 bits per heavy atom. The van der Waals surface area contributed by atoms with Gasteiger partial charge in [-0.1, -0.05) is 18.2 Å². The number of aromatic nitrogens is 3. The molecule has 0 bridgehead atoms. The predicted molar refractivity (Wildman–Crippen MR) is 70.9 cm³/mol. The van der Waals surface area contributed by atoms with Crippen LogP contribution < -0.4 is 4.74 Å². The highest BCUT2D eigenvalue weighted by molar-refractivity contribution is 6.28. The highest BCUT2D eigenvalue weighted by atomic mass is 35.5. The molecule has 0 unspecified atom stereocenters. The maximum Gasteiger partial charge on any atom is 0.223 e. The molecule has 2 aromatic heterocycles. The van der Waals surface area contributed by atoms with Crippen LogP contribution in [0.1, 0.15) is 0 Å². The van der Waals surface area contributed by atoms with Gasteiger partial charge >= 0.3 is 0 Å². The van der Waals surface area contributed by atoms with E-state index in [1.807, 2.05) is 30.5 Å². The summed E-state index contributed by atoms with van der Waals surface area (Å²) in [7, 11) is 1.59. The average Bonchev–Trinajstić information content (AvgIpc) is 2.82. The molecule has 5 heteroatoms. The Morgan fingerprint density at radius 1 is 1.28 bits per heavy atom. The van der Waals surface area contributed by atoms with Gasteiger partial charge in [-0.15, -0.1) is 0 Å². The molecule has 1 aromatic carbocycles. The Morgan fingerprint density at radius 2 is 2.11 bits per heavy atom. The van der Waals surface area contributed by atoms with Gasteiger partial charge in [-0.05, 0) is 17.7 Å². The summed E-state index contributed by atoms with van der Waals surface area (Å²) in [5, 5.41) is 1.28. The Kier molecular flexibility index (Phi) is 2.64. The number of fused-ring (bicyclic) bond motifs is 1. The maximum atomic E-state index is 5.85. The molecule has 0 aliphatic heterocycles. The number of methoxy groups -OCH3 is 1. The van der Waals surface area contributed by atoms with Gasteiger partial charge in [-0.2, -0.15) is 0 Å². The van der Waals surface area contributed by atoms with Crippen LogP contribution in [-0.2, 0) is 0 Å². The quantitative estimate of drug-likeness (QED) is 0.719. The standard InChI is InChI=1S/C13H10ClN3O/c1-18-11-7-16-13(14)17-12(11)9-6-15-10-5-3-2-4-8(9)10/h2-7,15H,1H3. The van der Waals surface area contributed by atoms with Crippen LogP contribution in [0.2, 0.25) is 5.28 Å². The molecule has 2 heterocycles. The first-order valence-corrected chi connectivity index (χ1v) is 5.80. The van der Waals surface area contributed by atoms with E-state index < -0.39 is 0 Å². The van der Waals surface area contributed by atoms with E-state index in [1.54, 1.807) is 13.3 Å². The highest BCUT2D eigenvalue weighted by Crippen LogP contribution is 2.33. The molecule has 3 aromatic rings. The zero-order valence-electron chi connectivity index (χ0n) is 9.64. The summed E-state index contributed by atoms with van der Waals surface area (Å²) in [4.78, 5) is 11.4. The molecule has 0 saturated heterocycles. The van der Waals surface area contributed by atoms with Gasteiger partial charge in [0, 0.05) is 22.7 Å². The average molecular weight is 260 g/mol. The van der Waals surface area contributed by atoms with Gasteiger partial charge in [0.1, 0.15) is 5.69 Å². The second kappa shape index (κ2) is 4.31. The first-order valence-electron chi connectivity index (χ1n) is 5.42. The van der Waals surface area contributed by atoms with Crippen LogP contribution in [0.4, 0.5) is 0 Å². The Bertz CT molecular complexity index is 708. The van der Waals surface area contributed by atoms with E-state index in [1.165, 1.54) is 0 Å². The summed E-state index contributed by atoms with van der Waals surface area (Å²) < 4.78 is 5.28. The Balaban J connectivity index is 2.29. The summed E-state index contributed by atoms with van der Waals surface area (Å²) in [6, 6.07) is 7.99. The lowest BCUT2D eigenvalue weighted by Crippen LogP contribution is -1.93. The number of H-pyrrole nitrogens is 1. The number of hydrogen-bond donors (Lipinski definition) is 1. The van der Waals surface area contributed by atoms with Crippen LogP contribution in [-0.4, -0.2) is 22.1 Å². The van der Waals surface area contributed by atoms with E-state index in [9.17, 15) is 0 Å². The number of halogens is 1. The summed E-state index contributed by atoms with van der Waals surface area (Å²) in [5.74, 6) is 0.601. The van der Waals surface area contributed by atoms with E-state index >= 15 is 0 Å². The van der Waals surface area contributed by atoms with Crippen molar-refractivity contribution in [3.8, 4) is 17.0 Å². The van der Waals surface area contributed by atoms with Gasteiger partial charge in [-0.25, -0.2) is 9.97 Å². The van der Waals surface area contributed by atoms with Crippen molar-refractivity contribution < 1.29 is 4.74 Å². The van der Waals surface area contributed by atoms with Crippen molar-refractivity contribution in [2.75, 3.05) is 7.11 Å². The van der Waals surface area contributed by atoms with Crippen molar-refractivity contribution in [2.45, 2.75) is 0 Å². The van der Waals surface area contributed by atoms with Gasteiger partial charge in [-0.3, -0.25) is 0 Å². The lowest BCUT2D eigenvalue weighted by molar-refractivity contribution is 0.412. The molecule has 18 heavy (non-hydrogen) atoms. The summed E-state index contributed by atoms with van der Waals surface area (Å²) >= 11 is 5.85. The number of nitrogens with one attached hydrogen (secondary N) is 1. The second-order valence-electron chi connectivity index (χ2n) is 3.80. The Labute approximate surface area is 109 Å². The minimum absolute atomic E-state index is 0.205. The van der Waals surface area contributed by atoms with Crippen molar-refractivity contribution in [1.29, 1.82) is 0 Å². The van der Waals surface area contributed by atoms with Gasteiger partial charge < -0.3 is 9.72 Å². The molecule has 4 nitrogen and oxygen atoms in total. The summed E-state index contributed by atoms with van der Waals surface area (Å²) in [5.41, 5.74) is 2.69. The van der Waals surface area contributed by atoms with Gasteiger partial charge in [0.2, 0.25) is 5.28 Å². The zero-order chi connectivity index (χ0) is 12.5. The van der Waals surface area contributed by atoms with Crippen molar-refractivity contribution in [2.24, 2.45) is 0 Å². The third kappa shape index (κ3) is 1.71. The number of ether oxygens (including phenoxy) is 1. The summed E-state index contributed by atoms with van der Waals surface area (Å²) in [6.45, 7) is 0. The highest BCUT2D eigenvalue weighted by Gasteiger charge is 2.13. The van der Waals surface area contributed by atoms with Crippen LogP contribution in [0.15, 0.2) is 36.7 Å². The Hall–Kier alpha value is -2.07. The van der Waals surface area contributed by atoms with Crippen molar-refractivity contribution in [1.82, 2.24) is 15.0 Å². The van der Waals surface area contributed by atoms with Crippen LogP contribution in [0.25, 0.3) is 22.2 Å².